The van der Waals surface area contributed by atoms with Gasteiger partial charge in [0.05, 0.1) is 0 Å². The number of carbonyl (C=O) groups is 1. The predicted octanol–water partition coefficient (Wildman–Crippen LogP) is 5.46. The number of hydrogen-bond donors (Lipinski definition) is 1. The lowest BCUT2D eigenvalue weighted by Crippen LogP contribution is -2.30. The summed E-state index contributed by atoms with van der Waals surface area (Å²) in [5, 5.41) is 3.04. The number of hydrogen-bond acceptors (Lipinski definition) is 1. The fourth-order valence-electron chi connectivity index (χ4n) is 3.63. The zero-order valence-electron chi connectivity index (χ0n) is 14.5. The van der Waals surface area contributed by atoms with E-state index in [0.29, 0.717) is 5.91 Å². The molecule has 1 atom stereocenters. The Labute approximate surface area is 132 Å². The standard InChI is InChI=1S/C19H37NO/c1-3-5-6-7-8-9-14-18(19(21)20-4-2)16-15-17-12-10-11-13-17/h17-18H,3-16H2,1-2H3,(H,20,21). The highest BCUT2D eigenvalue weighted by Gasteiger charge is 2.21. The summed E-state index contributed by atoms with van der Waals surface area (Å²) in [5.41, 5.74) is 0. The maximum absolute atomic E-state index is 12.2. The molecule has 1 unspecified atom stereocenters. The molecular formula is C19H37NO. The third-order valence-electron chi connectivity index (χ3n) is 5.03. The fraction of sp³-hybridized carbons (Fsp3) is 0.947. The van der Waals surface area contributed by atoms with Gasteiger partial charge >= 0.3 is 0 Å². The van der Waals surface area contributed by atoms with Crippen molar-refractivity contribution in [2.75, 3.05) is 6.54 Å². The Bertz CT molecular complexity index is 258. The van der Waals surface area contributed by atoms with E-state index in [1.165, 1.54) is 70.6 Å². The Morgan fingerprint density at radius 2 is 1.67 bits per heavy atom. The molecule has 0 saturated heterocycles. The molecule has 1 saturated carbocycles. The van der Waals surface area contributed by atoms with E-state index < -0.39 is 0 Å². The Balaban J connectivity index is 2.21. The van der Waals surface area contributed by atoms with Crippen LogP contribution in [0.4, 0.5) is 0 Å². The first kappa shape index (κ1) is 18.5. The van der Waals surface area contributed by atoms with Crippen LogP contribution >= 0.6 is 0 Å². The highest BCUT2D eigenvalue weighted by Crippen LogP contribution is 2.30. The quantitative estimate of drug-likeness (QED) is 0.476. The Morgan fingerprint density at radius 1 is 1.00 bits per heavy atom. The van der Waals surface area contributed by atoms with Crippen molar-refractivity contribution in [2.45, 2.75) is 97.3 Å². The number of nitrogens with one attached hydrogen (secondary N) is 1. The van der Waals surface area contributed by atoms with E-state index in [9.17, 15) is 4.79 Å². The highest BCUT2D eigenvalue weighted by molar-refractivity contribution is 5.78. The molecule has 1 N–H and O–H groups in total. The van der Waals surface area contributed by atoms with Crippen LogP contribution in [-0.4, -0.2) is 12.5 Å². The van der Waals surface area contributed by atoms with Crippen LogP contribution in [-0.2, 0) is 4.79 Å². The molecule has 0 aliphatic heterocycles. The molecule has 124 valence electrons. The number of amides is 1. The molecule has 0 radical (unpaired) electrons. The summed E-state index contributed by atoms with van der Waals surface area (Å²) < 4.78 is 0. The van der Waals surface area contributed by atoms with Crippen LogP contribution in [0.25, 0.3) is 0 Å². The van der Waals surface area contributed by atoms with Crippen molar-refractivity contribution in [3.8, 4) is 0 Å². The third kappa shape index (κ3) is 8.48. The van der Waals surface area contributed by atoms with Crippen molar-refractivity contribution >= 4 is 5.91 Å². The van der Waals surface area contributed by atoms with Crippen LogP contribution in [0.3, 0.4) is 0 Å². The maximum Gasteiger partial charge on any atom is 0.223 e. The molecule has 1 amide bonds. The van der Waals surface area contributed by atoms with E-state index in [0.717, 1.165) is 25.3 Å². The summed E-state index contributed by atoms with van der Waals surface area (Å²) in [6.07, 6.45) is 17.0. The van der Waals surface area contributed by atoms with Crippen LogP contribution < -0.4 is 5.32 Å². The van der Waals surface area contributed by atoms with Gasteiger partial charge in [0.25, 0.3) is 0 Å². The lowest BCUT2D eigenvalue weighted by Gasteiger charge is -2.18. The zero-order valence-corrected chi connectivity index (χ0v) is 14.5. The minimum Gasteiger partial charge on any atom is -0.356 e. The average molecular weight is 296 g/mol. The van der Waals surface area contributed by atoms with Gasteiger partial charge in [-0.1, -0.05) is 71.1 Å². The normalized spacial score (nSPS) is 17.0. The first-order chi connectivity index (χ1) is 10.3. The van der Waals surface area contributed by atoms with Crippen LogP contribution in [0.1, 0.15) is 97.3 Å². The van der Waals surface area contributed by atoms with Gasteiger partial charge in [0, 0.05) is 12.5 Å². The SMILES string of the molecule is CCCCCCCCC(CCC1CCCC1)C(=O)NCC. The minimum absolute atomic E-state index is 0.275. The van der Waals surface area contributed by atoms with Crippen molar-refractivity contribution in [3.05, 3.63) is 0 Å². The molecule has 0 heterocycles. The van der Waals surface area contributed by atoms with Gasteiger partial charge in [-0.25, -0.2) is 0 Å². The van der Waals surface area contributed by atoms with Gasteiger partial charge in [-0.05, 0) is 32.1 Å². The van der Waals surface area contributed by atoms with Gasteiger partial charge < -0.3 is 5.32 Å². The molecule has 2 heteroatoms. The van der Waals surface area contributed by atoms with Gasteiger partial charge in [0.1, 0.15) is 0 Å². The molecule has 0 spiro atoms. The van der Waals surface area contributed by atoms with Crippen molar-refractivity contribution in [3.63, 3.8) is 0 Å². The Hall–Kier alpha value is -0.530. The van der Waals surface area contributed by atoms with Gasteiger partial charge in [-0.2, -0.15) is 0 Å². The third-order valence-corrected chi connectivity index (χ3v) is 5.03. The predicted molar refractivity (Wildman–Crippen MR) is 91.4 cm³/mol. The van der Waals surface area contributed by atoms with Crippen LogP contribution in [0.15, 0.2) is 0 Å². The lowest BCUT2D eigenvalue weighted by molar-refractivity contribution is -0.125. The number of unbranched alkanes of at least 4 members (excludes halogenated alkanes) is 5. The fourth-order valence-corrected chi connectivity index (χ4v) is 3.63. The molecule has 0 aromatic carbocycles. The largest absolute Gasteiger partial charge is 0.356 e. The van der Waals surface area contributed by atoms with E-state index in [4.69, 9.17) is 0 Å². The van der Waals surface area contributed by atoms with Crippen molar-refractivity contribution in [1.29, 1.82) is 0 Å². The topological polar surface area (TPSA) is 29.1 Å². The van der Waals surface area contributed by atoms with E-state index >= 15 is 0 Å². The van der Waals surface area contributed by atoms with Gasteiger partial charge in [0.15, 0.2) is 0 Å². The van der Waals surface area contributed by atoms with E-state index in [1.807, 2.05) is 6.92 Å². The van der Waals surface area contributed by atoms with E-state index in [2.05, 4.69) is 12.2 Å². The molecule has 1 rings (SSSR count). The van der Waals surface area contributed by atoms with Crippen molar-refractivity contribution in [1.82, 2.24) is 5.32 Å². The Kier molecular flexibility index (Phi) is 10.6. The monoisotopic (exact) mass is 295 g/mol. The number of rotatable bonds is 12. The first-order valence-corrected chi connectivity index (χ1v) is 9.55. The molecule has 0 aromatic rings. The van der Waals surface area contributed by atoms with Crippen LogP contribution in [0.5, 0.6) is 0 Å². The van der Waals surface area contributed by atoms with E-state index in [-0.39, 0.29) is 5.92 Å². The average Bonchev–Trinajstić information content (AvgIpc) is 2.99. The second-order valence-corrected chi connectivity index (χ2v) is 6.88. The molecule has 0 bridgehead atoms. The molecule has 21 heavy (non-hydrogen) atoms. The molecule has 0 aromatic heterocycles. The molecule has 2 nitrogen and oxygen atoms in total. The second-order valence-electron chi connectivity index (χ2n) is 6.88. The summed E-state index contributed by atoms with van der Waals surface area (Å²) in [6.45, 7) is 5.06. The maximum atomic E-state index is 12.2. The summed E-state index contributed by atoms with van der Waals surface area (Å²) >= 11 is 0. The summed E-state index contributed by atoms with van der Waals surface area (Å²) in [6, 6.07) is 0. The van der Waals surface area contributed by atoms with E-state index in [1.54, 1.807) is 0 Å². The highest BCUT2D eigenvalue weighted by atomic mass is 16.1. The molecule has 1 aliphatic carbocycles. The minimum atomic E-state index is 0.275. The number of carbonyl (C=O) groups excluding carboxylic acids is 1. The summed E-state index contributed by atoms with van der Waals surface area (Å²) in [7, 11) is 0. The van der Waals surface area contributed by atoms with Crippen LogP contribution in [0, 0.1) is 11.8 Å². The molecule has 1 aliphatic rings. The smallest absolute Gasteiger partial charge is 0.223 e. The second kappa shape index (κ2) is 12.1. The lowest BCUT2D eigenvalue weighted by atomic mass is 9.90. The first-order valence-electron chi connectivity index (χ1n) is 9.55. The molecular weight excluding hydrogens is 258 g/mol. The van der Waals surface area contributed by atoms with Gasteiger partial charge in [0.2, 0.25) is 5.91 Å². The van der Waals surface area contributed by atoms with Crippen molar-refractivity contribution in [2.24, 2.45) is 11.8 Å². The van der Waals surface area contributed by atoms with Gasteiger partial charge in [-0.3, -0.25) is 4.79 Å². The van der Waals surface area contributed by atoms with Gasteiger partial charge in [-0.15, -0.1) is 0 Å². The molecule has 1 fully saturated rings. The van der Waals surface area contributed by atoms with Crippen LogP contribution in [0.2, 0.25) is 0 Å². The summed E-state index contributed by atoms with van der Waals surface area (Å²) in [5.74, 6) is 1.49. The zero-order chi connectivity index (χ0) is 15.3. The summed E-state index contributed by atoms with van der Waals surface area (Å²) in [4.78, 5) is 12.2. The Morgan fingerprint density at radius 3 is 2.33 bits per heavy atom. The van der Waals surface area contributed by atoms with Crippen molar-refractivity contribution < 1.29 is 4.79 Å².